The summed E-state index contributed by atoms with van der Waals surface area (Å²) in [6.07, 6.45) is -4.58. The maximum atomic E-state index is 13.6. The summed E-state index contributed by atoms with van der Waals surface area (Å²) in [6.45, 7) is 0. The van der Waals surface area contributed by atoms with Crippen molar-refractivity contribution in [2.24, 2.45) is 0 Å². The van der Waals surface area contributed by atoms with Gasteiger partial charge in [-0.15, -0.1) is 0 Å². The van der Waals surface area contributed by atoms with Crippen LogP contribution in [0.3, 0.4) is 0 Å². The molecule has 0 spiro atoms. The van der Waals surface area contributed by atoms with Crippen molar-refractivity contribution in [3.63, 3.8) is 0 Å². The lowest BCUT2D eigenvalue weighted by molar-refractivity contribution is -0.137. The van der Waals surface area contributed by atoms with E-state index in [2.05, 4.69) is 10.0 Å². The first kappa shape index (κ1) is 28.0. The van der Waals surface area contributed by atoms with Crippen LogP contribution in [0.25, 0.3) is 0 Å². The summed E-state index contributed by atoms with van der Waals surface area (Å²) < 4.78 is 67.3. The second-order valence-corrected chi connectivity index (χ2v) is 11.5. The molecule has 0 aromatic heterocycles. The third-order valence-electron chi connectivity index (χ3n) is 5.90. The van der Waals surface area contributed by atoms with E-state index in [1.54, 1.807) is 60.7 Å². The van der Waals surface area contributed by atoms with Crippen molar-refractivity contribution >= 4 is 50.7 Å². The van der Waals surface area contributed by atoms with Crippen molar-refractivity contribution < 1.29 is 31.2 Å². The van der Waals surface area contributed by atoms with Crippen LogP contribution in [0.5, 0.6) is 0 Å². The minimum atomic E-state index is -4.58. The number of thioether (sulfide) groups is 1. The quantitative estimate of drug-likeness (QED) is 0.226. The monoisotopic (exact) mass is 595 g/mol. The predicted molar refractivity (Wildman–Crippen MR) is 151 cm³/mol. The first-order chi connectivity index (χ1) is 19.5. The number of benzene rings is 4. The minimum absolute atomic E-state index is 0.0122. The zero-order valence-electron chi connectivity index (χ0n) is 20.9. The number of nitrogens with zero attached hydrogens (tertiary/aromatic N) is 1. The molecule has 2 N–H and O–H groups in total. The lowest BCUT2D eigenvalue weighted by Gasteiger charge is -2.16. The maximum absolute atomic E-state index is 13.6. The Morgan fingerprint density at radius 1 is 0.707 bits per heavy atom. The molecule has 2 amide bonds. The molecular formula is C29H20F3N3O4S2. The summed E-state index contributed by atoms with van der Waals surface area (Å²) in [5, 5.41) is 2.96. The molecule has 0 saturated carbocycles. The molecule has 1 heterocycles. The summed E-state index contributed by atoms with van der Waals surface area (Å²) in [6, 6.07) is 26.4. The highest BCUT2D eigenvalue weighted by Crippen LogP contribution is 2.39. The number of carbonyl (C=O) groups excluding carboxylic acids is 2. The lowest BCUT2D eigenvalue weighted by Crippen LogP contribution is -2.32. The van der Waals surface area contributed by atoms with Gasteiger partial charge in [0.2, 0.25) is 0 Å². The highest BCUT2D eigenvalue weighted by molar-refractivity contribution is 8.04. The molecule has 0 bridgehead atoms. The summed E-state index contributed by atoms with van der Waals surface area (Å²) >= 11 is 0.922. The fraction of sp³-hybridized carbons (Fsp3) is 0.0345. The molecule has 41 heavy (non-hydrogen) atoms. The van der Waals surface area contributed by atoms with Gasteiger partial charge in [0.1, 0.15) is 10.6 Å². The molecule has 0 fully saturated rings. The number of nitrogens with one attached hydrogen (secondary N) is 2. The zero-order chi connectivity index (χ0) is 29.2. The number of hydrogen-bond acceptors (Lipinski definition) is 6. The Kier molecular flexibility index (Phi) is 7.61. The number of hydrogen-bond donors (Lipinski definition) is 2. The molecule has 4 aromatic carbocycles. The van der Waals surface area contributed by atoms with Gasteiger partial charge in [-0.1, -0.05) is 54.2 Å². The summed E-state index contributed by atoms with van der Waals surface area (Å²) in [4.78, 5) is 28.3. The SMILES string of the molecule is O=C1C(Nc2ccccc2)=C(Sc2cccc(NS(=O)(=O)c3ccccc3)c2)C(=O)N1c1ccc(C(F)(F)F)cc1. The van der Waals surface area contributed by atoms with Crippen LogP contribution in [0.1, 0.15) is 5.56 Å². The number of rotatable bonds is 8. The minimum Gasteiger partial charge on any atom is -0.350 e. The number of anilines is 3. The number of sulfonamides is 1. The van der Waals surface area contributed by atoms with Crippen molar-refractivity contribution in [1.82, 2.24) is 0 Å². The van der Waals surface area contributed by atoms with Gasteiger partial charge in [-0.3, -0.25) is 14.3 Å². The van der Waals surface area contributed by atoms with E-state index in [-0.39, 0.29) is 26.9 Å². The van der Waals surface area contributed by atoms with Gasteiger partial charge < -0.3 is 5.32 Å². The molecule has 5 rings (SSSR count). The highest BCUT2D eigenvalue weighted by atomic mass is 32.2. The smallest absolute Gasteiger partial charge is 0.350 e. The van der Waals surface area contributed by atoms with Crippen molar-refractivity contribution in [2.75, 3.05) is 14.9 Å². The van der Waals surface area contributed by atoms with Gasteiger partial charge in [0.25, 0.3) is 21.8 Å². The van der Waals surface area contributed by atoms with Crippen LogP contribution in [0.15, 0.2) is 130 Å². The standard InChI is InChI=1S/C29H20F3N3O4S2/c30-29(31,32)19-14-16-22(17-15-19)35-27(36)25(33-20-8-3-1-4-9-20)26(28(35)37)40-23-11-7-10-21(18-23)34-41(38,39)24-12-5-2-6-13-24/h1-18,33-34H. The van der Waals surface area contributed by atoms with Crippen LogP contribution in [0, 0.1) is 0 Å². The lowest BCUT2D eigenvalue weighted by atomic mass is 10.2. The molecule has 1 aliphatic rings. The molecule has 0 aliphatic carbocycles. The molecule has 0 radical (unpaired) electrons. The topological polar surface area (TPSA) is 95.6 Å². The Labute approximate surface area is 237 Å². The van der Waals surface area contributed by atoms with E-state index in [1.807, 2.05) is 0 Å². The molecule has 12 heteroatoms. The van der Waals surface area contributed by atoms with Gasteiger partial charge in [-0.25, -0.2) is 13.3 Å². The van der Waals surface area contributed by atoms with E-state index in [1.165, 1.54) is 24.3 Å². The Morgan fingerprint density at radius 3 is 1.95 bits per heavy atom. The number of para-hydroxylation sites is 1. The van der Waals surface area contributed by atoms with Gasteiger partial charge >= 0.3 is 6.18 Å². The van der Waals surface area contributed by atoms with Crippen LogP contribution >= 0.6 is 11.8 Å². The second-order valence-electron chi connectivity index (χ2n) is 8.73. The predicted octanol–water partition coefficient (Wildman–Crippen LogP) is 6.50. The molecule has 0 unspecified atom stereocenters. The summed E-state index contributed by atoms with van der Waals surface area (Å²) in [5.41, 5.74) is -0.268. The summed E-state index contributed by atoms with van der Waals surface area (Å²) in [7, 11) is -3.88. The molecular weight excluding hydrogens is 575 g/mol. The van der Waals surface area contributed by atoms with E-state index in [0.29, 0.717) is 10.6 Å². The fourth-order valence-corrected chi connectivity index (χ4v) is 6.03. The number of alkyl halides is 3. The Balaban J connectivity index is 1.47. The number of halogens is 3. The third-order valence-corrected chi connectivity index (χ3v) is 8.37. The first-order valence-corrected chi connectivity index (χ1v) is 14.3. The van der Waals surface area contributed by atoms with E-state index < -0.39 is 33.6 Å². The molecule has 208 valence electrons. The van der Waals surface area contributed by atoms with E-state index in [9.17, 15) is 31.2 Å². The number of imide groups is 1. The van der Waals surface area contributed by atoms with Crippen LogP contribution in [0.4, 0.5) is 30.2 Å². The van der Waals surface area contributed by atoms with Gasteiger partial charge in [-0.05, 0) is 66.7 Å². The largest absolute Gasteiger partial charge is 0.416 e. The van der Waals surface area contributed by atoms with Crippen LogP contribution in [-0.4, -0.2) is 20.2 Å². The van der Waals surface area contributed by atoms with E-state index >= 15 is 0 Å². The maximum Gasteiger partial charge on any atom is 0.416 e. The van der Waals surface area contributed by atoms with Crippen LogP contribution < -0.4 is 14.9 Å². The van der Waals surface area contributed by atoms with E-state index in [0.717, 1.165) is 40.9 Å². The second kappa shape index (κ2) is 11.1. The number of carbonyl (C=O) groups is 2. The van der Waals surface area contributed by atoms with Gasteiger partial charge in [0.15, 0.2) is 0 Å². The third kappa shape index (κ3) is 6.13. The first-order valence-electron chi connectivity index (χ1n) is 12.0. The molecule has 0 atom stereocenters. The Morgan fingerprint density at radius 2 is 1.32 bits per heavy atom. The number of amides is 2. The van der Waals surface area contributed by atoms with Crippen molar-refractivity contribution in [3.05, 3.63) is 125 Å². The van der Waals surface area contributed by atoms with Crippen LogP contribution in [-0.2, 0) is 25.8 Å². The van der Waals surface area contributed by atoms with Crippen molar-refractivity contribution in [1.29, 1.82) is 0 Å². The summed E-state index contributed by atoms with van der Waals surface area (Å²) in [5.74, 6) is -1.49. The average Bonchev–Trinajstić information content (AvgIpc) is 3.17. The van der Waals surface area contributed by atoms with Gasteiger partial charge in [0.05, 0.1) is 16.1 Å². The molecule has 4 aromatic rings. The Bertz CT molecular complexity index is 1740. The van der Waals surface area contributed by atoms with Crippen molar-refractivity contribution in [2.45, 2.75) is 16.0 Å². The Hall–Kier alpha value is -4.55. The average molecular weight is 596 g/mol. The van der Waals surface area contributed by atoms with Gasteiger partial charge in [-0.2, -0.15) is 13.2 Å². The molecule has 1 aliphatic heterocycles. The molecule has 0 saturated heterocycles. The molecule has 7 nitrogen and oxygen atoms in total. The van der Waals surface area contributed by atoms with E-state index in [4.69, 9.17) is 0 Å². The normalized spacial score (nSPS) is 14.0. The highest BCUT2D eigenvalue weighted by Gasteiger charge is 2.41. The zero-order valence-corrected chi connectivity index (χ0v) is 22.6. The fourth-order valence-electron chi connectivity index (χ4n) is 3.97. The van der Waals surface area contributed by atoms with Crippen LogP contribution in [0.2, 0.25) is 0 Å². The van der Waals surface area contributed by atoms with Gasteiger partial charge in [0, 0.05) is 16.3 Å². The van der Waals surface area contributed by atoms with Crippen molar-refractivity contribution in [3.8, 4) is 0 Å².